The van der Waals surface area contributed by atoms with E-state index in [1.165, 1.54) is 5.56 Å². The first-order valence-electron chi connectivity index (χ1n) is 35.6. The summed E-state index contributed by atoms with van der Waals surface area (Å²) >= 11 is 28.0. The molecule has 4 heterocycles. The highest BCUT2D eigenvalue weighted by atomic mass is 35.5. The molecule has 12 rings (SSSR count). The van der Waals surface area contributed by atoms with Crippen molar-refractivity contribution in [2.45, 2.75) is 142 Å². The Morgan fingerprint density at radius 2 is 0.918 bits per heavy atom. The molecule has 110 heavy (non-hydrogen) atoms. The number of carbonyl (C=O) groups excluding carboxylic acids is 3. The van der Waals surface area contributed by atoms with Crippen molar-refractivity contribution in [2.24, 2.45) is 0 Å². The summed E-state index contributed by atoms with van der Waals surface area (Å²) in [6.45, 7) is 15.4. The van der Waals surface area contributed by atoms with E-state index in [2.05, 4.69) is 150 Å². The fourth-order valence-electron chi connectivity index (χ4n) is 13.3. The second kappa shape index (κ2) is 40.9. The highest BCUT2D eigenvalue weighted by Gasteiger charge is 2.29. The molecule has 8 aromatic carbocycles. The number of esters is 1. The number of aliphatic hydroxyl groups is 1. The lowest BCUT2D eigenvalue weighted by Crippen LogP contribution is -2.45. The Kier molecular flexibility index (Phi) is 33.4. The van der Waals surface area contributed by atoms with Crippen LogP contribution in [0.15, 0.2) is 170 Å². The third kappa shape index (κ3) is 23.2. The Hall–Kier alpha value is -7.36. The molecular weight excluding hydrogens is 1550 g/mol. The zero-order valence-corrected chi connectivity index (χ0v) is 70.0. The maximum Gasteiger partial charge on any atom is 0.326 e. The minimum atomic E-state index is -1.14. The van der Waals surface area contributed by atoms with Gasteiger partial charge >= 0.3 is 11.9 Å². The number of fused-ring (bicyclic) bond motifs is 2. The number of benzene rings is 8. The largest absolute Gasteiger partial charge is 0.496 e. The van der Waals surface area contributed by atoms with Gasteiger partial charge in [-0.15, -0.1) is 0 Å². The molecule has 0 spiro atoms. The number of aromatic nitrogens is 2. The number of hydrogen-bond donors (Lipinski definition) is 8. The fourth-order valence-corrected chi connectivity index (χ4v) is 14.5. The molecule has 0 aliphatic carbocycles. The number of methoxy groups -OCH3 is 2. The van der Waals surface area contributed by atoms with Crippen molar-refractivity contribution in [2.75, 3.05) is 40.5 Å². The molecule has 4 atom stereocenters. The van der Waals surface area contributed by atoms with Gasteiger partial charge in [0.15, 0.2) is 0 Å². The van der Waals surface area contributed by atoms with E-state index in [1.807, 2.05) is 96.3 Å². The maximum absolute atomic E-state index is 13.1. The third-order valence-electron chi connectivity index (χ3n) is 18.9. The zero-order chi connectivity index (χ0) is 75.4. The number of aliphatic carboxylic acids is 1. The molecule has 18 nitrogen and oxygen atoms in total. The topological polar surface area (TPSA) is 228 Å². The number of carbonyl (C=O) groups is 4. The van der Waals surface area contributed by atoms with Crippen LogP contribution in [-0.4, -0.2) is 119 Å². The summed E-state index contributed by atoms with van der Waals surface area (Å²) in [5, 5.41) is 42.2. The first kappa shape index (κ1) is 89.8. The number of nitrogens with one attached hydrogen (secondary N) is 6. The van der Waals surface area contributed by atoms with Crippen LogP contribution in [0.4, 0.5) is 0 Å². The molecule has 2 aromatic heterocycles. The van der Waals surface area contributed by atoms with E-state index < -0.39 is 35.9 Å². The summed E-state index contributed by atoms with van der Waals surface area (Å²) in [5.41, 5.74) is 14.5. The zero-order valence-electron chi connectivity index (χ0n) is 62.9. The van der Waals surface area contributed by atoms with Crippen LogP contribution in [0.1, 0.15) is 101 Å². The van der Waals surface area contributed by atoms with Gasteiger partial charge in [-0.25, -0.2) is 0 Å². The minimum absolute atomic E-state index is 0. The van der Waals surface area contributed by atoms with Gasteiger partial charge < -0.3 is 59.6 Å². The van der Waals surface area contributed by atoms with E-state index in [0.717, 1.165) is 128 Å². The first-order chi connectivity index (χ1) is 50.8. The van der Waals surface area contributed by atoms with Crippen LogP contribution in [0, 0.1) is 0 Å². The van der Waals surface area contributed by atoms with Gasteiger partial charge in [0, 0.05) is 155 Å². The van der Waals surface area contributed by atoms with Gasteiger partial charge in [0.1, 0.15) is 29.2 Å². The summed E-state index contributed by atoms with van der Waals surface area (Å²) < 4.78 is 27.4. The van der Waals surface area contributed by atoms with Gasteiger partial charge in [-0.05, 0) is 147 Å². The summed E-state index contributed by atoms with van der Waals surface area (Å²) in [5.74, 6) is -0.0341. The van der Waals surface area contributed by atoms with Crippen molar-refractivity contribution >= 4 is 146 Å². The van der Waals surface area contributed by atoms with Crippen LogP contribution in [0.2, 0.25) is 20.1 Å². The van der Waals surface area contributed by atoms with E-state index in [9.17, 15) is 29.4 Å². The lowest BCUT2D eigenvalue weighted by atomic mass is 9.96. The Morgan fingerprint density at radius 3 is 1.29 bits per heavy atom. The summed E-state index contributed by atoms with van der Waals surface area (Å²) in [6.07, 6.45) is 7.06. The number of aliphatic hydroxyl groups excluding tert-OH is 1. The monoisotopic (exact) mass is 1650 g/mol. The molecule has 2 amide bonds. The molecule has 2 saturated heterocycles. The normalized spacial score (nSPS) is 14.6. The van der Waals surface area contributed by atoms with Crippen LogP contribution in [0.25, 0.3) is 66.3 Å². The number of hydrogen-bond acceptors (Lipinski definition) is 13. The number of ether oxygens (including phenoxy) is 4. The van der Waals surface area contributed by atoms with Crippen LogP contribution < -0.4 is 41.4 Å². The molecule has 8 N–H and O–H groups in total. The van der Waals surface area contributed by atoms with E-state index in [1.54, 1.807) is 20.3 Å². The van der Waals surface area contributed by atoms with Gasteiger partial charge in [0.05, 0.1) is 43.1 Å². The third-order valence-corrected chi connectivity index (χ3v) is 20.4. The molecule has 2 fully saturated rings. The second-order valence-corrected chi connectivity index (χ2v) is 30.4. The highest BCUT2D eigenvalue weighted by molar-refractivity contribution is 7.59. The Labute approximate surface area is 692 Å². The average Bonchev–Trinajstić information content (AvgIpc) is 1.57. The number of rotatable bonds is 29. The SMILES string of the molecule is COc1cc(Cn2ccc3c(-c4cccc(-c5ccc(CNC[C@@H]6CCC(=O)N6)cc5)c4Cl)cccc32)c(Cl)cc1CN[C@@H](CO)C(=O)O.COc1cc(Cn2ccc3c(-c4cccc(-c5ccc(CNC[C@@H]6CCC(=O)N6)cc5)c4Cl)cccc32)c(Cl)cc1CN[C@@H](COC(C)(C)C)C(=O)OC(C)(C)C.S.S.S.S. The molecule has 588 valence electrons. The summed E-state index contributed by atoms with van der Waals surface area (Å²) in [7, 11) is 3.19. The van der Waals surface area contributed by atoms with Crippen LogP contribution in [0.3, 0.4) is 0 Å². The smallest absolute Gasteiger partial charge is 0.326 e. The van der Waals surface area contributed by atoms with Gasteiger partial charge in [0.2, 0.25) is 11.8 Å². The van der Waals surface area contributed by atoms with Crippen LogP contribution in [-0.2, 0) is 67.9 Å². The average molecular weight is 1650 g/mol. The molecule has 2 aliphatic heterocycles. The lowest BCUT2D eigenvalue weighted by molar-refractivity contribution is -0.160. The van der Waals surface area contributed by atoms with Gasteiger partial charge in [-0.1, -0.05) is 156 Å². The second-order valence-electron chi connectivity index (χ2n) is 28.8. The fraction of sp³-hybridized carbons (Fsp3) is 0.333. The Balaban J connectivity index is 0.000000298. The van der Waals surface area contributed by atoms with Crippen molar-refractivity contribution < 1.29 is 48.3 Å². The molecule has 0 bridgehead atoms. The number of carboxylic acid groups (broad SMARTS) is 1. The van der Waals surface area contributed by atoms with Gasteiger partial charge in [-0.2, -0.15) is 54.0 Å². The van der Waals surface area contributed by atoms with E-state index >= 15 is 0 Å². The van der Waals surface area contributed by atoms with Gasteiger partial charge in [-0.3, -0.25) is 29.8 Å². The number of nitrogens with zero attached hydrogens (tertiary/aromatic N) is 2. The molecular formula is C84H100Cl4N8O10S4. The quantitative estimate of drug-likeness (QED) is 0.0204. The standard InChI is InChI=1S/C46H54Cl2N4O5.C38H38Cl2N4O5.4H2S/c1-45(2,3)56-28-39(44(54)57-46(4,5)6)50-25-31-22-38(47)32(23-41(31)55-7)27-52-21-20-36-35(11-9-13-40(36)52)37-12-8-10-34(43(37)48)30-16-14-29(15-17-30)24-49-26-33-18-19-42(53)51-33;1-49-35-17-26(32(39)16-25(35)19-42-33(22-45)38(47)48)21-44-15-14-30-29(5-3-7-34(30)44)31-6-2-4-28(37(31)40)24-10-8-23(9-11-24)18-41-20-27-12-13-36(46)43-27;;;;/h8-17,20-23,33,39,49-50H,18-19,24-28H2,1-7H3,(H,51,53);2-11,14-17,27,33,41-42,45H,12-13,18-22H2,1H3,(H,43,46)(H,47,48);4*1H2/t33-,39-;27-,33-;;;;/m00..../s1. The van der Waals surface area contributed by atoms with Crippen molar-refractivity contribution in [1.82, 2.24) is 41.0 Å². The molecule has 2 aliphatic rings. The Bertz CT molecular complexity index is 4800. The predicted octanol–water partition coefficient (Wildman–Crippen LogP) is 16.0. The maximum atomic E-state index is 13.1. The van der Waals surface area contributed by atoms with E-state index in [0.29, 0.717) is 69.6 Å². The van der Waals surface area contributed by atoms with Crippen LogP contribution >= 0.6 is 100 Å². The van der Waals surface area contributed by atoms with Crippen molar-refractivity contribution in [3.63, 3.8) is 0 Å². The minimum Gasteiger partial charge on any atom is -0.496 e. The molecule has 0 unspecified atom stereocenters. The number of carboxylic acids is 1. The van der Waals surface area contributed by atoms with Gasteiger partial charge in [0.25, 0.3) is 0 Å². The van der Waals surface area contributed by atoms with Crippen molar-refractivity contribution in [1.29, 1.82) is 0 Å². The Morgan fingerprint density at radius 1 is 0.518 bits per heavy atom. The first-order valence-corrected chi connectivity index (χ1v) is 37.1. The van der Waals surface area contributed by atoms with Crippen LogP contribution in [0.5, 0.6) is 11.5 Å². The molecule has 0 saturated carbocycles. The highest BCUT2D eigenvalue weighted by Crippen LogP contribution is 2.43. The number of amides is 2. The summed E-state index contributed by atoms with van der Waals surface area (Å²) in [4.78, 5) is 47.4. The predicted molar refractivity (Wildman–Crippen MR) is 465 cm³/mol. The van der Waals surface area contributed by atoms with E-state index in [-0.39, 0.29) is 97.0 Å². The molecule has 10 aromatic rings. The molecule has 0 radical (unpaired) electrons. The van der Waals surface area contributed by atoms with Crippen molar-refractivity contribution in [3.8, 4) is 56.0 Å². The summed E-state index contributed by atoms with van der Waals surface area (Å²) in [6, 6.07) is 51.8. The number of halogens is 4. The van der Waals surface area contributed by atoms with E-state index in [4.69, 9.17) is 65.4 Å². The van der Waals surface area contributed by atoms with Crippen molar-refractivity contribution in [3.05, 3.63) is 224 Å². The lowest BCUT2D eigenvalue weighted by Gasteiger charge is -2.27. The molecule has 26 heteroatoms.